The van der Waals surface area contributed by atoms with Crippen LogP contribution in [0.1, 0.15) is 11.6 Å². The minimum Gasteiger partial charge on any atom is -0.468 e. The second-order valence-electron chi connectivity index (χ2n) is 2.70. The van der Waals surface area contributed by atoms with Gasteiger partial charge in [-0.15, -0.1) is 0 Å². The highest BCUT2D eigenvalue weighted by atomic mass is 79.9. The summed E-state index contributed by atoms with van der Waals surface area (Å²) in [5.41, 5.74) is 6.25. The molecule has 76 valence electrons. The molecule has 3 nitrogen and oxygen atoms in total. The normalized spacial score (nSPS) is 12.3. The van der Waals surface area contributed by atoms with Crippen LogP contribution in [0.2, 0.25) is 5.02 Å². The van der Waals surface area contributed by atoms with Gasteiger partial charge in [0.05, 0.1) is 7.11 Å². The van der Waals surface area contributed by atoms with Crippen LogP contribution in [0.5, 0.6) is 0 Å². The van der Waals surface area contributed by atoms with E-state index in [4.69, 9.17) is 17.3 Å². The van der Waals surface area contributed by atoms with Crippen LogP contribution in [0.25, 0.3) is 0 Å². The number of methoxy groups -OCH3 is 1. The second-order valence-corrected chi connectivity index (χ2v) is 4.06. The molecule has 1 atom stereocenters. The molecular weight excluding hydrogens is 269 g/mol. The fourth-order valence-corrected chi connectivity index (χ4v) is 1.90. The third-order valence-corrected chi connectivity index (χ3v) is 2.38. The summed E-state index contributed by atoms with van der Waals surface area (Å²) in [7, 11) is 1.29. The Bertz CT molecular complexity index is 336. The molecule has 0 aliphatic heterocycles. The van der Waals surface area contributed by atoms with Gasteiger partial charge in [0.2, 0.25) is 0 Å². The Balaban J connectivity index is 3.00. The van der Waals surface area contributed by atoms with E-state index in [9.17, 15) is 4.79 Å². The quantitative estimate of drug-likeness (QED) is 0.844. The molecular formula is C9H9BrClNO2. The molecule has 1 aromatic carbocycles. The number of hydrogen-bond donors (Lipinski definition) is 1. The molecule has 5 heteroatoms. The van der Waals surface area contributed by atoms with Gasteiger partial charge in [-0.1, -0.05) is 27.5 Å². The Morgan fingerprint density at radius 2 is 2.21 bits per heavy atom. The third-order valence-electron chi connectivity index (χ3n) is 1.70. The molecule has 1 aromatic rings. The van der Waals surface area contributed by atoms with Crippen LogP contribution in [0.4, 0.5) is 0 Å². The standard InChI is InChI=1S/C9H9BrClNO2/c1-14-9(13)8(12)5-2-6(10)4-7(11)3-5/h2-4,8H,12H2,1H3/t8-/m1/s1. The molecule has 0 spiro atoms. The summed E-state index contributed by atoms with van der Waals surface area (Å²) in [6.45, 7) is 0. The molecule has 1 rings (SSSR count). The number of benzene rings is 1. The molecule has 0 aliphatic carbocycles. The van der Waals surface area contributed by atoms with Crippen LogP contribution < -0.4 is 5.73 Å². The van der Waals surface area contributed by atoms with Gasteiger partial charge >= 0.3 is 5.97 Å². The van der Waals surface area contributed by atoms with E-state index in [2.05, 4.69) is 20.7 Å². The highest BCUT2D eigenvalue weighted by Gasteiger charge is 2.16. The van der Waals surface area contributed by atoms with Gasteiger partial charge in [0.15, 0.2) is 0 Å². The molecule has 2 N–H and O–H groups in total. The maximum Gasteiger partial charge on any atom is 0.327 e. The van der Waals surface area contributed by atoms with E-state index in [0.717, 1.165) is 4.47 Å². The van der Waals surface area contributed by atoms with Gasteiger partial charge in [0.25, 0.3) is 0 Å². The lowest BCUT2D eigenvalue weighted by molar-refractivity contribution is -0.142. The van der Waals surface area contributed by atoms with Gasteiger partial charge < -0.3 is 10.5 Å². The zero-order valence-corrected chi connectivity index (χ0v) is 9.80. The number of carbonyl (C=O) groups is 1. The Kier molecular flexibility index (Phi) is 3.92. The predicted octanol–water partition coefficient (Wildman–Crippen LogP) is 2.28. The molecule has 0 amide bonds. The van der Waals surface area contributed by atoms with Crippen molar-refractivity contribution in [2.24, 2.45) is 5.73 Å². The molecule has 0 fully saturated rings. The molecule has 0 bridgehead atoms. The van der Waals surface area contributed by atoms with E-state index in [1.54, 1.807) is 18.2 Å². The van der Waals surface area contributed by atoms with Gasteiger partial charge in [-0.25, -0.2) is 0 Å². The van der Waals surface area contributed by atoms with E-state index >= 15 is 0 Å². The predicted molar refractivity (Wildman–Crippen MR) is 58.1 cm³/mol. The van der Waals surface area contributed by atoms with Gasteiger partial charge in [-0.2, -0.15) is 0 Å². The van der Waals surface area contributed by atoms with Crippen LogP contribution in [0, 0.1) is 0 Å². The highest BCUT2D eigenvalue weighted by Crippen LogP contribution is 2.23. The topological polar surface area (TPSA) is 52.3 Å². The highest BCUT2D eigenvalue weighted by molar-refractivity contribution is 9.10. The number of carbonyl (C=O) groups excluding carboxylic acids is 1. The minimum atomic E-state index is -0.796. The fourth-order valence-electron chi connectivity index (χ4n) is 1.02. The lowest BCUT2D eigenvalue weighted by Crippen LogP contribution is -2.22. The van der Waals surface area contributed by atoms with Crippen LogP contribution >= 0.6 is 27.5 Å². The first kappa shape index (κ1) is 11.5. The van der Waals surface area contributed by atoms with Crippen molar-refractivity contribution in [3.63, 3.8) is 0 Å². The average molecular weight is 279 g/mol. The van der Waals surface area contributed by atoms with Gasteiger partial charge in [0.1, 0.15) is 6.04 Å². The van der Waals surface area contributed by atoms with Crippen molar-refractivity contribution < 1.29 is 9.53 Å². The molecule has 0 saturated heterocycles. The number of ether oxygens (including phenoxy) is 1. The average Bonchev–Trinajstić information content (AvgIpc) is 2.14. The first-order valence-corrected chi connectivity index (χ1v) is 5.01. The molecule has 0 heterocycles. The fraction of sp³-hybridized carbons (Fsp3) is 0.222. The largest absolute Gasteiger partial charge is 0.468 e. The molecule has 0 radical (unpaired) electrons. The SMILES string of the molecule is COC(=O)[C@H](N)c1cc(Cl)cc(Br)c1. The minimum absolute atomic E-state index is 0.487. The van der Waals surface area contributed by atoms with E-state index < -0.39 is 12.0 Å². The van der Waals surface area contributed by atoms with Crippen LogP contribution in [-0.2, 0) is 9.53 Å². The molecule has 0 unspecified atom stereocenters. The number of nitrogens with two attached hydrogens (primary N) is 1. The molecule has 0 aliphatic rings. The first-order chi connectivity index (χ1) is 6.54. The summed E-state index contributed by atoms with van der Waals surface area (Å²) < 4.78 is 5.30. The van der Waals surface area contributed by atoms with Crippen molar-refractivity contribution in [1.82, 2.24) is 0 Å². The van der Waals surface area contributed by atoms with Crippen molar-refractivity contribution in [1.29, 1.82) is 0 Å². The first-order valence-electron chi connectivity index (χ1n) is 3.84. The second kappa shape index (κ2) is 4.77. The van der Waals surface area contributed by atoms with Crippen molar-refractivity contribution in [3.05, 3.63) is 33.3 Å². The van der Waals surface area contributed by atoms with E-state index in [1.165, 1.54) is 7.11 Å². The van der Waals surface area contributed by atoms with Crippen LogP contribution in [0.3, 0.4) is 0 Å². The summed E-state index contributed by atoms with van der Waals surface area (Å²) >= 11 is 9.06. The van der Waals surface area contributed by atoms with Crippen molar-refractivity contribution in [2.45, 2.75) is 6.04 Å². The summed E-state index contributed by atoms with van der Waals surface area (Å²) in [5, 5.41) is 0.522. The Hall–Kier alpha value is -0.580. The lowest BCUT2D eigenvalue weighted by atomic mass is 10.1. The van der Waals surface area contributed by atoms with Gasteiger partial charge in [-0.05, 0) is 23.8 Å². The summed E-state index contributed by atoms with van der Waals surface area (Å²) in [6.07, 6.45) is 0. The van der Waals surface area contributed by atoms with Gasteiger partial charge in [-0.3, -0.25) is 4.79 Å². The van der Waals surface area contributed by atoms with Crippen molar-refractivity contribution in [2.75, 3.05) is 7.11 Å². The Morgan fingerprint density at radius 3 is 2.71 bits per heavy atom. The number of halogens is 2. The Morgan fingerprint density at radius 1 is 1.57 bits per heavy atom. The van der Waals surface area contributed by atoms with Crippen LogP contribution in [-0.4, -0.2) is 13.1 Å². The monoisotopic (exact) mass is 277 g/mol. The Labute approximate surface area is 95.3 Å². The number of esters is 1. The van der Waals surface area contributed by atoms with Gasteiger partial charge in [0, 0.05) is 9.50 Å². The lowest BCUT2D eigenvalue weighted by Gasteiger charge is -2.10. The zero-order valence-electron chi connectivity index (χ0n) is 7.46. The van der Waals surface area contributed by atoms with E-state index in [1.807, 2.05) is 0 Å². The van der Waals surface area contributed by atoms with E-state index in [0.29, 0.717) is 10.6 Å². The van der Waals surface area contributed by atoms with Crippen molar-refractivity contribution >= 4 is 33.5 Å². The summed E-state index contributed by atoms with van der Waals surface area (Å²) in [6, 6.07) is 4.28. The number of rotatable bonds is 2. The third kappa shape index (κ3) is 2.70. The number of hydrogen-bond acceptors (Lipinski definition) is 3. The van der Waals surface area contributed by atoms with E-state index in [-0.39, 0.29) is 0 Å². The smallest absolute Gasteiger partial charge is 0.327 e. The molecule has 0 aromatic heterocycles. The molecule has 14 heavy (non-hydrogen) atoms. The summed E-state index contributed by atoms with van der Waals surface area (Å²) in [4.78, 5) is 11.1. The van der Waals surface area contributed by atoms with Crippen molar-refractivity contribution in [3.8, 4) is 0 Å². The molecule has 0 saturated carbocycles. The maximum absolute atomic E-state index is 11.1. The van der Waals surface area contributed by atoms with Crippen LogP contribution in [0.15, 0.2) is 22.7 Å². The zero-order chi connectivity index (χ0) is 10.7. The maximum atomic E-state index is 11.1. The summed E-state index contributed by atoms with van der Waals surface area (Å²) in [5.74, 6) is -0.487.